The van der Waals surface area contributed by atoms with E-state index < -0.39 is 12.0 Å². The van der Waals surface area contributed by atoms with Crippen molar-refractivity contribution < 1.29 is 19.4 Å². The topological polar surface area (TPSA) is 78.5 Å². The van der Waals surface area contributed by atoms with Crippen molar-refractivity contribution in [3.63, 3.8) is 0 Å². The molecule has 2 rings (SSSR count). The number of hydrogen-bond donors (Lipinski definition) is 1. The number of rotatable bonds is 6. The molecule has 0 aliphatic heterocycles. The predicted molar refractivity (Wildman–Crippen MR) is 84.8 cm³/mol. The van der Waals surface area contributed by atoms with Crippen LogP contribution in [-0.2, 0) is 9.59 Å². The molecule has 0 spiro atoms. The molecule has 1 fully saturated rings. The zero-order valence-corrected chi connectivity index (χ0v) is 13.8. The number of methoxy groups -OCH3 is 1. The van der Waals surface area contributed by atoms with Gasteiger partial charge in [0.05, 0.1) is 13.2 Å². The number of benzene rings is 1. The Bertz CT molecular complexity index is 564. The van der Waals surface area contributed by atoms with Crippen LogP contribution in [0.3, 0.4) is 0 Å². The van der Waals surface area contributed by atoms with Gasteiger partial charge in [0.1, 0.15) is 5.75 Å². The summed E-state index contributed by atoms with van der Waals surface area (Å²) in [6, 6.07) is 4.87. The molecule has 1 amide bonds. The molecule has 0 unspecified atom stereocenters. The number of carboxylic acid groups (broad SMARTS) is 1. The molecule has 5 heteroatoms. The van der Waals surface area contributed by atoms with Crippen LogP contribution in [0, 0.1) is 12.8 Å². The minimum atomic E-state index is -1.17. The highest BCUT2D eigenvalue weighted by molar-refractivity contribution is 5.80. The number of nitrogens with one attached hydrogen (secondary N) is 1. The van der Waals surface area contributed by atoms with Gasteiger partial charge in [0.25, 0.3) is 0 Å². The monoisotopic (exact) mass is 318 g/mol. The Balaban J connectivity index is 2.14. The minimum Gasteiger partial charge on any atom is -0.550 e. The van der Waals surface area contributed by atoms with Crippen molar-refractivity contribution in [2.75, 3.05) is 7.11 Å². The maximum absolute atomic E-state index is 12.4. The van der Waals surface area contributed by atoms with Crippen molar-refractivity contribution in [2.24, 2.45) is 5.92 Å². The molecule has 0 bridgehead atoms. The lowest BCUT2D eigenvalue weighted by atomic mass is 9.88. The summed E-state index contributed by atoms with van der Waals surface area (Å²) < 4.78 is 5.22. The molecular formula is C18H24NO4-. The molecule has 23 heavy (non-hydrogen) atoms. The average molecular weight is 318 g/mol. The molecule has 126 valence electrons. The first-order valence-electron chi connectivity index (χ1n) is 8.16. The van der Waals surface area contributed by atoms with Crippen LogP contribution in [0.25, 0.3) is 0 Å². The number of aryl methyl sites for hydroxylation is 1. The van der Waals surface area contributed by atoms with Crippen molar-refractivity contribution in [1.29, 1.82) is 0 Å². The first kappa shape index (κ1) is 17.3. The van der Waals surface area contributed by atoms with Gasteiger partial charge < -0.3 is 20.0 Å². The first-order chi connectivity index (χ1) is 11.0. The van der Waals surface area contributed by atoms with E-state index in [0.717, 1.165) is 42.6 Å². The summed E-state index contributed by atoms with van der Waals surface area (Å²) in [5.74, 6) is -0.497. The highest BCUT2D eigenvalue weighted by atomic mass is 16.5. The second-order valence-corrected chi connectivity index (χ2v) is 6.20. The van der Waals surface area contributed by atoms with Gasteiger partial charge in [-0.15, -0.1) is 0 Å². The second-order valence-electron chi connectivity index (χ2n) is 6.20. The molecule has 1 aromatic rings. The highest BCUT2D eigenvalue weighted by Crippen LogP contribution is 2.27. The number of carbonyl (C=O) groups excluding carboxylic acids is 2. The average Bonchev–Trinajstić information content (AvgIpc) is 2.54. The van der Waals surface area contributed by atoms with E-state index in [1.54, 1.807) is 19.2 Å². The number of carboxylic acids is 1. The van der Waals surface area contributed by atoms with Gasteiger partial charge in [-0.1, -0.05) is 31.4 Å². The van der Waals surface area contributed by atoms with Gasteiger partial charge in [0.15, 0.2) is 0 Å². The molecule has 1 atom stereocenters. The fraction of sp³-hybridized carbons (Fsp3) is 0.556. The maximum atomic E-state index is 12.4. The van der Waals surface area contributed by atoms with Crippen LogP contribution in [0.5, 0.6) is 5.75 Å². The number of amides is 1. The van der Waals surface area contributed by atoms with Crippen LogP contribution in [0.2, 0.25) is 0 Å². The third-order valence-corrected chi connectivity index (χ3v) is 4.48. The van der Waals surface area contributed by atoms with Gasteiger partial charge in [-0.3, -0.25) is 4.79 Å². The zero-order chi connectivity index (χ0) is 16.8. The smallest absolute Gasteiger partial charge is 0.223 e. The van der Waals surface area contributed by atoms with Crippen LogP contribution in [0.1, 0.15) is 55.7 Å². The van der Waals surface area contributed by atoms with Crippen molar-refractivity contribution in [3.8, 4) is 5.75 Å². The number of carbonyl (C=O) groups is 2. The fourth-order valence-electron chi connectivity index (χ4n) is 3.19. The van der Waals surface area contributed by atoms with Crippen molar-refractivity contribution in [1.82, 2.24) is 5.32 Å². The van der Waals surface area contributed by atoms with E-state index in [1.807, 2.05) is 13.0 Å². The zero-order valence-electron chi connectivity index (χ0n) is 13.8. The number of ether oxygens (including phenoxy) is 1. The lowest BCUT2D eigenvalue weighted by Crippen LogP contribution is -2.38. The Morgan fingerprint density at radius 2 is 2.00 bits per heavy atom. The molecule has 1 aromatic carbocycles. The Morgan fingerprint density at radius 3 is 2.57 bits per heavy atom. The molecular weight excluding hydrogens is 294 g/mol. The van der Waals surface area contributed by atoms with Crippen LogP contribution < -0.4 is 15.2 Å². The number of hydrogen-bond acceptors (Lipinski definition) is 4. The molecule has 1 aliphatic carbocycles. The molecule has 0 aromatic heterocycles. The predicted octanol–water partition coefficient (Wildman–Crippen LogP) is 1.88. The van der Waals surface area contributed by atoms with Crippen molar-refractivity contribution in [2.45, 2.75) is 51.5 Å². The van der Waals surface area contributed by atoms with Gasteiger partial charge >= 0.3 is 0 Å². The fourth-order valence-corrected chi connectivity index (χ4v) is 3.19. The summed E-state index contributed by atoms with van der Waals surface area (Å²) in [5.41, 5.74) is 1.66. The summed E-state index contributed by atoms with van der Waals surface area (Å²) in [5, 5.41) is 14.0. The van der Waals surface area contributed by atoms with E-state index >= 15 is 0 Å². The lowest BCUT2D eigenvalue weighted by molar-refractivity contribution is -0.306. The van der Waals surface area contributed by atoms with Crippen LogP contribution in [0.4, 0.5) is 0 Å². The Morgan fingerprint density at radius 1 is 1.30 bits per heavy atom. The Kier molecular flexibility index (Phi) is 6.02. The Hall–Kier alpha value is -2.04. The van der Waals surface area contributed by atoms with Gasteiger partial charge in [0, 0.05) is 18.3 Å². The third-order valence-electron chi connectivity index (χ3n) is 4.48. The van der Waals surface area contributed by atoms with Crippen LogP contribution in [-0.4, -0.2) is 19.0 Å². The SMILES string of the molecule is COc1ccc([C@H](CC(=O)[O-])NC(=O)C2CCCCC2)cc1C. The van der Waals surface area contributed by atoms with Crippen LogP contribution in [0.15, 0.2) is 18.2 Å². The lowest BCUT2D eigenvalue weighted by Gasteiger charge is -2.26. The number of aliphatic carboxylic acids is 1. The van der Waals surface area contributed by atoms with Gasteiger partial charge in [0.2, 0.25) is 5.91 Å². The molecule has 0 heterocycles. The van der Waals surface area contributed by atoms with Gasteiger partial charge in [-0.05, 0) is 37.0 Å². The van der Waals surface area contributed by atoms with E-state index in [4.69, 9.17) is 4.74 Å². The first-order valence-corrected chi connectivity index (χ1v) is 8.16. The summed E-state index contributed by atoms with van der Waals surface area (Å²) in [6.45, 7) is 1.89. The van der Waals surface area contributed by atoms with E-state index in [0.29, 0.717) is 0 Å². The molecule has 5 nitrogen and oxygen atoms in total. The summed E-state index contributed by atoms with van der Waals surface area (Å²) in [6.07, 6.45) is 4.82. The maximum Gasteiger partial charge on any atom is 0.223 e. The van der Waals surface area contributed by atoms with E-state index in [1.165, 1.54) is 6.42 Å². The summed E-state index contributed by atoms with van der Waals surface area (Å²) in [4.78, 5) is 23.5. The summed E-state index contributed by atoms with van der Waals surface area (Å²) in [7, 11) is 1.59. The van der Waals surface area contributed by atoms with Crippen LogP contribution >= 0.6 is 0 Å². The third kappa shape index (κ3) is 4.71. The van der Waals surface area contributed by atoms with Gasteiger partial charge in [-0.25, -0.2) is 0 Å². The molecule has 0 saturated heterocycles. The highest BCUT2D eigenvalue weighted by Gasteiger charge is 2.24. The standard InChI is InChI=1S/C18H25NO4/c1-12-10-14(8-9-16(12)23-2)15(11-17(20)21)19-18(22)13-6-4-3-5-7-13/h8-10,13,15H,3-7,11H2,1-2H3,(H,19,22)(H,20,21)/p-1/t15-/m0/s1. The normalized spacial score (nSPS) is 16.6. The quantitative estimate of drug-likeness (QED) is 0.868. The minimum absolute atomic E-state index is 0.00708. The van der Waals surface area contributed by atoms with Crippen molar-refractivity contribution in [3.05, 3.63) is 29.3 Å². The molecule has 1 aliphatic rings. The molecule has 1 N–H and O–H groups in total. The second kappa shape index (κ2) is 7.99. The van der Waals surface area contributed by atoms with E-state index in [-0.39, 0.29) is 18.2 Å². The van der Waals surface area contributed by atoms with E-state index in [2.05, 4.69) is 5.32 Å². The summed E-state index contributed by atoms with van der Waals surface area (Å²) >= 11 is 0. The van der Waals surface area contributed by atoms with Gasteiger partial charge in [-0.2, -0.15) is 0 Å². The van der Waals surface area contributed by atoms with Crippen molar-refractivity contribution >= 4 is 11.9 Å². The van der Waals surface area contributed by atoms with E-state index in [9.17, 15) is 14.7 Å². The molecule has 0 radical (unpaired) electrons. The largest absolute Gasteiger partial charge is 0.550 e. The molecule has 1 saturated carbocycles. The Labute approximate surface area is 137 Å².